The normalized spacial score (nSPS) is 12.1. The topological polar surface area (TPSA) is 96.0 Å². The second kappa shape index (κ2) is 13.7. The summed E-state index contributed by atoms with van der Waals surface area (Å²) in [6.07, 6.45) is 1.39. The van der Waals surface area contributed by atoms with Crippen molar-refractivity contribution >= 4 is 50.7 Å². The molecule has 1 N–H and O–H groups in total. The van der Waals surface area contributed by atoms with E-state index in [2.05, 4.69) is 5.32 Å². The molecule has 0 spiro atoms. The van der Waals surface area contributed by atoms with E-state index in [-0.39, 0.29) is 37.7 Å². The predicted molar refractivity (Wildman–Crippen MR) is 144 cm³/mol. The lowest BCUT2D eigenvalue weighted by atomic mass is 10.1. The molecule has 0 saturated heterocycles. The van der Waals surface area contributed by atoms with Crippen molar-refractivity contribution < 1.29 is 22.7 Å². The fraction of sp³-hybridized carbons (Fsp3) is 0.440. The van der Waals surface area contributed by atoms with Crippen molar-refractivity contribution in [2.45, 2.75) is 46.2 Å². The molecular formula is C25H33Cl2N3O5S. The molecule has 11 heteroatoms. The van der Waals surface area contributed by atoms with Gasteiger partial charge in [0.15, 0.2) is 0 Å². The number of hydrogen-bond acceptors (Lipinski definition) is 5. The Balaban J connectivity index is 2.19. The lowest BCUT2D eigenvalue weighted by molar-refractivity contribution is -0.140. The van der Waals surface area contributed by atoms with Crippen molar-refractivity contribution in [1.82, 2.24) is 10.2 Å². The first kappa shape index (κ1) is 29.7. The fourth-order valence-electron chi connectivity index (χ4n) is 3.64. The summed E-state index contributed by atoms with van der Waals surface area (Å²) in [5.41, 5.74) is 1.02. The largest absolute Gasteiger partial charge is 0.494 e. The summed E-state index contributed by atoms with van der Waals surface area (Å²) in [6.45, 7) is 6.35. The molecule has 1 atom stereocenters. The molecule has 1 unspecified atom stereocenters. The van der Waals surface area contributed by atoms with Crippen molar-refractivity contribution in [3.05, 3.63) is 58.1 Å². The van der Waals surface area contributed by atoms with Crippen LogP contribution in [0.15, 0.2) is 42.5 Å². The van der Waals surface area contributed by atoms with Gasteiger partial charge in [0.25, 0.3) is 0 Å². The highest BCUT2D eigenvalue weighted by atomic mass is 35.5. The van der Waals surface area contributed by atoms with E-state index in [0.29, 0.717) is 40.2 Å². The molecule has 0 radical (unpaired) electrons. The Labute approximate surface area is 223 Å². The van der Waals surface area contributed by atoms with Crippen LogP contribution in [-0.2, 0) is 26.2 Å². The number of halogens is 2. The second-order valence-electron chi connectivity index (χ2n) is 8.16. The number of carbonyl (C=O) groups excluding carboxylic acids is 2. The molecule has 36 heavy (non-hydrogen) atoms. The second-order valence-corrected chi connectivity index (χ2v) is 10.9. The Morgan fingerprint density at radius 1 is 1.06 bits per heavy atom. The first-order valence-corrected chi connectivity index (χ1v) is 14.3. The van der Waals surface area contributed by atoms with Gasteiger partial charge in [-0.2, -0.15) is 0 Å². The van der Waals surface area contributed by atoms with E-state index in [1.165, 1.54) is 9.21 Å². The van der Waals surface area contributed by atoms with Crippen LogP contribution in [0.25, 0.3) is 0 Å². The number of amides is 2. The maximum absolute atomic E-state index is 13.3. The highest BCUT2D eigenvalue weighted by Gasteiger charge is 2.27. The molecule has 0 bridgehead atoms. The maximum atomic E-state index is 13.3. The van der Waals surface area contributed by atoms with E-state index < -0.39 is 16.1 Å². The molecule has 2 amide bonds. The number of carbonyl (C=O) groups is 2. The molecule has 0 aromatic heterocycles. The molecule has 0 aliphatic heterocycles. The standard InChI is InChI=1S/C25H33Cl2N3O5S/c1-5-28-25(32)18(3)29(17-21-22(26)9-7-10-23(21)27)24(31)11-8-16-30(36(4,33)34)19-12-14-20(15-13-19)35-6-2/h7,9-10,12-15,18H,5-6,8,11,16-17H2,1-4H3,(H,28,32). The Hall–Kier alpha value is -2.49. The molecule has 0 heterocycles. The quantitative estimate of drug-likeness (QED) is 0.391. The fourth-order valence-corrected chi connectivity index (χ4v) is 5.12. The van der Waals surface area contributed by atoms with Crippen LogP contribution >= 0.6 is 23.2 Å². The van der Waals surface area contributed by atoms with E-state index in [1.807, 2.05) is 6.92 Å². The van der Waals surface area contributed by atoms with Gasteiger partial charge in [-0.15, -0.1) is 0 Å². The first-order valence-electron chi connectivity index (χ1n) is 11.7. The zero-order valence-electron chi connectivity index (χ0n) is 21.0. The predicted octanol–water partition coefficient (Wildman–Crippen LogP) is 4.49. The van der Waals surface area contributed by atoms with Crippen LogP contribution in [0.5, 0.6) is 5.75 Å². The molecular weight excluding hydrogens is 525 g/mol. The first-order chi connectivity index (χ1) is 17.0. The van der Waals surface area contributed by atoms with E-state index in [9.17, 15) is 18.0 Å². The molecule has 0 fully saturated rings. The van der Waals surface area contributed by atoms with Crippen molar-refractivity contribution in [2.24, 2.45) is 0 Å². The summed E-state index contributed by atoms with van der Waals surface area (Å²) >= 11 is 12.6. The van der Waals surface area contributed by atoms with Gasteiger partial charge in [0, 0.05) is 41.7 Å². The van der Waals surface area contributed by atoms with Crippen LogP contribution in [0.4, 0.5) is 5.69 Å². The van der Waals surface area contributed by atoms with E-state index >= 15 is 0 Å². The summed E-state index contributed by atoms with van der Waals surface area (Å²) in [5.74, 6) is 0.0177. The minimum atomic E-state index is -3.59. The number of likely N-dealkylation sites (N-methyl/N-ethyl adjacent to an activating group) is 1. The smallest absolute Gasteiger partial charge is 0.242 e. The van der Waals surface area contributed by atoms with Crippen LogP contribution in [0.2, 0.25) is 10.0 Å². The van der Waals surface area contributed by atoms with Gasteiger partial charge in [-0.3, -0.25) is 13.9 Å². The van der Waals surface area contributed by atoms with Gasteiger partial charge < -0.3 is 15.0 Å². The number of benzene rings is 2. The lowest BCUT2D eigenvalue weighted by Crippen LogP contribution is -2.47. The number of nitrogens with zero attached hydrogens (tertiary/aromatic N) is 2. The Bertz CT molecular complexity index is 1120. The zero-order valence-corrected chi connectivity index (χ0v) is 23.3. The monoisotopic (exact) mass is 557 g/mol. The molecule has 0 aliphatic rings. The highest BCUT2D eigenvalue weighted by Crippen LogP contribution is 2.27. The molecule has 0 aliphatic carbocycles. The molecule has 2 rings (SSSR count). The maximum Gasteiger partial charge on any atom is 0.242 e. The van der Waals surface area contributed by atoms with Crippen LogP contribution in [0.1, 0.15) is 39.2 Å². The Kier molecular flexibility index (Phi) is 11.3. The van der Waals surface area contributed by atoms with Crippen LogP contribution in [0, 0.1) is 0 Å². The van der Waals surface area contributed by atoms with Gasteiger partial charge in [-0.1, -0.05) is 29.3 Å². The Morgan fingerprint density at radius 2 is 1.67 bits per heavy atom. The summed E-state index contributed by atoms with van der Waals surface area (Å²) in [6, 6.07) is 11.0. The van der Waals surface area contributed by atoms with E-state index in [0.717, 1.165) is 6.26 Å². The summed E-state index contributed by atoms with van der Waals surface area (Å²) in [7, 11) is -3.59. The third kappa shape index (κ3) is 8.28. The molecule has 0 saturated carbocycles. The zero-order chi connectivity index (χ0) is 26.9. The summed E-state index contributed by atoms with van der Waals surface area (Å²) in [5, 5.41) is 3.51. The van der Waals surface area contributed by atoms with Crippen molar-refractivity contribution in [2.75, 3.05) is 30.3 Å². The summed E-state index contributed by atoms with van der Waals surface area (Å²) < 4.78 is 31.6. The van der Waals surface area contributed by atoms with Crippen molar-refractivity contribution in [1.29, 1.82) is 0 Å². The summed E-state index contributed by atoms with van der Waals surface area (Å²) in [4.78, 5) is 27.2. The van der Waals surface area contributed by atoms with Crippen LogP contribution in [0.3, 0.4) is 0 Å². The minimum absolute atomic E-state index is 0.0227. The van der Waals surface area contributed by atoms with Crippen molar-refractivity contribution in [3.63, 3.8) is 0 Å². The number of ether oxygens (including phenoxy) is 1. The number of nitrogens with one attached hydrogen (secondary N) is 1. The average molecular weight is 559 g/mol. The van der Waals surface area contributed by atoms with E-state index in [4.69, 9.17) is 27.9 Å². The van der Waals surface area contributed by atoms with Gasteiger partial charge in [-0.05, 0) is 63.6 Å². The van der Waals surface area contributed by atoms with E-state index in [1.54, 1.807) is 56.3 Å². The SMILES string of the molecule is CCNC(=O)C(C)N(Cc1c(Cl)cccc1Cl)C(=O)CCCN(c1ccc(OCC)cc1)S(C)(=O)=O. The molecule has 198 valence electrons. The molecule has 2 aromatic rings. The average Bonchev–Trinajstić information content (AvgIpc) is 2.81. The Morgan fingerprint density at radius 3 is 2.19 bits per heavy atom. The van der Waals surface area contributed by atoms with Gasteiger partial charge in [-0.25, -0.2) is 8.42 Å². The third-order valence-electron chi connectivity index (χ3n) is 5.50. The van der Waals surface area contributed by atoms with Crippen molar-refractivity contribution in [3.8, 4) is 5.75 Å². The number of rotatable bonds is 13. The van der Waals surface area contributed by atoms with Gasteiger partial charge >= 0.3 is 0 Å². The van der Waals surface area contributed by atoms with Crippen LogP contribution < -0.4 is 14.4 Å². The third-order valence-corrected chi connectivity index (χ3v) is 7.40. The lowest BCUT2D eigenvalue weighted by Gasteiger charge is -2.30. The molecule has 2 aromatic carbocycles. The number of sulfonamides is 1. The number of anilines is 1. The highest BCUT2D eigenvalue weighted by molar-refractivity contribution is 7.92. The van der Waals surface area contributed by atoms with Crippen LogP contribution in [-0.4, -0.2) is 57.1 Å². The van der Waals surface area contributed by atoms with Gasteiger partial charge in [0.05, 0.1) is 18.6 Å². The van der Waals surface area contributed by atoms with Gasteiger partial charge in [0.1, 0.15) is 11.8 Å². The van der Waals surface area contributed by atoms with Gasteiger partial charge in [0.2, 0.25) is 21.8 Å². The minimum Gasteiger partial charge on any atom is -0.494 e. The number of hydrogen-bond donors (Lipinski definition) is 1. The molecule has 8 nitrogen and oxygen atoms in total.